The Kier molecular flexibility index (Phi) is 3.94. The third-order valence-corrected chi connectivity index (χ3v) is 2.41. The smallest absolute Gasteiger partial charge is 0.439 e. The van der Waals surface area contributed by atoms with Gasteiger partial charge in [0.25, 0.3) is 0 Å². The monoisotopic (exact) mass is 333 g/mol. The van der Waals surface area contributed by atoms with E-state index in [1.165, 1.54) is 24.3 Å². The molecule has 0 saturated carbocycles. The first kappa shape index (κ1) is 13.7. The Balaban J connectivity index is 2.07. The van der Waals surface area contributed by atoms with E-state index in [4.69, 9.17) is 4.74 Å². The van der Waals surface area contributed by atoms with Crippen LogP contribution in [0.3, 0.4) is 0 Å². The summed E-state index contributed by atoms with van der Waals surface area (Å²) in [5, 5.41) is 0. The van der Waals surface area contributed by atoms with Crippen LogP contribution >= 0.6 is 15.9 Å². The highest BCUT2D eigenvalue weighted by Crippen LogP contribution is 2.26. The molecule has 100 valence electrons. The molecule has 7 heteroatoms. The fraction of sp³-hybridized carbons (Fsp3) is 0.0833. The van der Waals surface area contributed by atoms with Gasteiger partial charge in [0.05, 0.1) is 0 Å². The van der Waals surface area contributed by atoms with Gasteiger partial charge in [0.1, 0.15) is 16.1 Å². The van der Waals surface area contributed by atoms with Gasteiger partial charge >= 0.3 is 6.36 Å². The average Bonchev–Trinajstić information content (AvgIpc) is 2.30. The lowest BCUT2D eigenvalue weighted by atomic mass is 10.3. The highest BCUT2D eigenvalue weighted by molar-refractivity contribution is 9.10. The summed E-state index contributed by atoms with van der Waals surface area (Å²) in [5.74, 6) is 0.390. The zero-order valence-electron chi connectivity index (χ0n) is 9.32. The molecule has 0 saturated heterocycles. The molecular formula is C12H7BrF3NO2. The predicted octanol–water partition coefficient (Wildman–Crippen LogP) is 4.54. The minimum absolute atomic E-state index is 0.304. The standard InChI is InChI=1S/C12H7BrF3NO2/c13-10-2-1-3-11(17-10)18-8-4-6-9(7-5-8)19-12(14,15)16/h1-7H. The summed E-state index contributed by atoms with van der Waals surface area (Å²) in [6.45, 7) is 0. The van der Waals surface area contributed by atoms with E-state index >= 15 is 0 Å². The molecule has 0 radical (unpaired) electrons. The van der Waals surface area contributed by atoms with Crippen molar-refractivity contribution in [1.29, 1.82) is 0 Å². The lowest BCUT2D eigenvalue weighted by Crippen LogP contribution is -2.16. The molecule has 2 aromatic rings. The number of benzene rings is 1. The van der Waals surface area contributed by atoms with Gasteiger partial charge in [-0.25, -0.2) is 4.98 Å². The fourth-order valence-electron chi connectivity index (χ4n) is 1.28. The summed E-state index contributed by atoms with van der Waals surface area (Å²) in [7, 11) is 0. The zero-order chi connectivity index (χ0) is 13.9. The highest BCUT2D eigenvalue weighted by Gasteiger charge is 2.30. The predicted molar refractivity (Wildman–Crippen MR) is 65.1 cm³/mol. The van der Waals surface area contributed by atoms with E-state index in [9.17, 15) is 13.2 Å². The van der Waals surface area contributed by atoms with E-state index in [0.29, 0.717) is 16.2 Å². The summed E-state index contributed by atoms with van der Waals surface area (Å²) < 4.78 is 45.6. The SMILES string of the molecule is FC(F)(F)Oc1ccc(Oc2cccc(Br)n2)cc1. The maximum atomic E-state index is 12.0. The van der Waals surface area contributed by atoms with Gasteiger partial charge in [0.2, 0.25) is 5.88 Å². The molecule has 1 heterocycles. The second-order valence-corrected chi connectivity index (χ2v) is 4.23. The topological polar surface area (TPSA) is 31.4 Å². The number of pyridine rings is 1. The number of alkyl halides is 3. The molecule has 0 spiro atoms. The quantitative estimate of drug-likeness (QED) is 0.773. The number of halogens is 4. The third kappa shape index (κ3) is 4.44. The van der Waals surface area contributed by atoms with Crippen molar-refractivity contribution in [2.75, 3.05) is 0 Å². The van der Waals surface area contributed by atoms with Crippen molar-refractivity contribution in [3.05, 3.63) is 47.1 Å². The molecule has 0 bridgehead atoms. The number of aromatic nitrogens is 1. The van der Waals surface area contributed by atoms with E-state index in [-0.39, 0.29) is 5.75 Å². The van der Waals surface area contributed by atoms with Crippen LogP contribution in [0.4, 0.5) is 13.2 Å². The van der Waals surface area contributed by atoms with Gasteiger partial charge in [0.15, 0.2) is 0 Å². The van der Waals surface area contributed by atoms with Gasteiger partial charge in [-0.15, -0.1) is 13.2 Å². The van der Waals surface area contributed by atoms with Crippen LogP contribution < -0.4 is 9.47 Å². The number of hydrogen-bond donors (Lipinski definition) is 0. The van der Waals surface area contributed by atoms with E-state index in [1.807, 2.05) is 0 Å². The van der Waals surface area contributed by atoms with Crippen molar-refractivity contribution in [3.8, 4) is 17.4 Å². The summed E-state index contributed by atoms with van der Waals surface area (Å²) >= 11 is 3.18. The first-order valence-electron chi connectivity index (χ1n) is 5.09. The van der Waals surface area contributed by atoms with Gasteiger partial charge in [-0.2, -0.15) is 0 Å². The van der Waals surface area contributed by atoms with Crippen LogP contribution in [-0.4, -0.2) is 11.3 Å². The largest absolute Gasteiger partial charge is 0.573 e. The molecule has 0 aliphatic rings. The molecule has 0 aliphatic carbocycles. The van der Waals surface area contributed by atoms with Crippen LogP contribution in [0, 0.1) is 0 Å². The number of hydrogen-bond acceptors (Lipinski definition) is 3. The van der Waals surface area contributed by atoms with Crippen molar-refractivity contribution < 1.29 is 22.6 Å². The van der Waals surface area contributed by atoms with E-state index < -0.39 is 6.36 Å². The summed E-state index contributed by atoms with van der Waals surface area (Å²) in [5.41, 5.74) is 0. The summed E-state index contributed by atoms with van der Waals surface area (Å²) in [6, 6.07) is 10.2. The highest BCUT2D eigenvalue weighted by atomic mass is 79.9. The van der Waals surface area contributed by atoms with Crippen LogP contribution in [0.1, 0.15) is 0 Å². The molecule has 1 aromatic heterocycles. The molecule has 0 atom stereocenters. The second-order valence-electron chi connectivity index (χ2n) is 3.42. The molecule has 19 heavy (non-hydrogen) atoms. The number of rotatable bonds is 3. The van der Waals surface area contributed by atoms with Crippen LogP contribution in [0.5, 0.6) is 17.4 Å². The van der Waals surface area contributed by atoms with Crippen LogP contribution in [-0.2, 0) is 0 Å². The van der Waals surface area contributed by atoms with Gasteiger partial charge in [0, 0.05) is 6.07 Å². The maximum absolute atomic E-state index is 12.0. The Labute approximate surface area is 115 Å². The van der Waals surface area contributed by atoms with E-state index in [0.717, 1.165) is 0 Å². The molecule has 0 aliphatic heterocycles. The van der Waals surface area contributed by atoms with Crippen molar-refractivity contribution in [2.45, 2.75) is 6.36 Å². The Morgan fingerprint density at radius 3 is 2.16 bits per heavy atom. The molecular weight excluding hydrogens is 327 g/mol. The molecule has 3 nitrogen and oxygen atoms in total. The molecule has 0 fully saturated rings. The lowest BCUT2D eigenvalue weighted by molar-refractivity contribution is -0.274. The molecule has 2 rings (SSSR count). The Morgan fingerprint density at radius 1 is 0.947 bits per heavy atom. The number of ether oxygens (including phenoxy) is 2. The first-order valence-corrected chi connectivity index (χ1v) is 5.88. The fourth-order valence-corrected chi connectivity index (χ4v) is 1.60. The Hall–Kier alpha value is -1.76. The molecule has 1 aromatic carbocycles. The molecule has 0 N–H and O–H groups in total. The molecule has 0 unspecified atom stereocenters. The minimum atomic E-state index is -4.70. The van der Waals surface area contributed by atoms with Gasteiger partial charge in [-0.3, -0.25) is 0 Å². The third-order valence-electron chi connectivity index (χ3n) is 1.97. The van der Waals surface area contributed by atoms with Crippen molar-refractivity contribution in [3.63, 3.8) is 0 Å². The van der Waals surface area contributed by atoms with Crippen LogP contribution in [0.25, 0.3) is 0 Å². The maximum Gasteiger partial charge on any atom is 0.573 e. The second kappa shape index (κ2) is 5.48. The Bertz CT molecular complexity index is 558. The normalized spacial score (nSPS) is 11.2. The van der Waals surface area contributed by atoms with Crippen molar-refractivity contribution in [2.24, 2.45) is 0 Å². The summed E-state index contributed by atoms with van der Waals surface area (Å²) in [4.78, 5) is 4.03. The van der Waals surface area contributed by atoms with Crippen molar-refractivity contribution >= 4 is 15.9 Å². The average molecular weight is 334 g/mol. The zero-order valence-corrected chi connectivity index (χ0v) is 10.9. The number of nitrogens with zero attached hydrogens (tertiary/aromatic N) is 1. The molecule has 0 amide bonds. The van der Waals surface area contributed by atoms with E-state index in [2.05, 4.69) is 25.7 Å². The van der Waals surface area contributed by atoms with Gasteiger partial charge < -0.3 is 9.47 Å². The Morgan fingerprint density at radius 2 is 1.58 bits per heavy atom. The first-order chi connectivity index (χ1) is 8.92. The van der Waals surface area contributed by atoms with E-state index in [1.54, 1.807) is 18.2 Å². The van der Waals surface area contributed by atoms with Gasteiger partial charge in [-0.1, -0.05) is 6.07 Å². The lowest BCUT2D eigenvalue weighted by Gasteiger charge is -2.09. The minimum Gasteiger partial charge on any atom is -0.439 e. The van der Waals surface area contributed by atoms with Crippen LogP contribution in [0.15, 0.2) is 47.1 Å². The van der Waals surface area contributed by atoms with Crippen molar-refractivity contribution in [1.82, 2.24) is 4.98 Å². The summed E-state index contributed by atoms with van der Waals surface area (Å²) in [6.07, 6.45) is -4.70. The van der Waals surface area contributed by atoms with Gasteiger partial charge in [-0.05, 0) is 46.3 Å². The van der Waals surface area contributed by atoms with Crippen LogP contribution in [0.2, 0.25) is 0 Å².